The van der Waals surface area contributed by atoms with Crippen molar-refractivity contribution in [2.75, 3.05) is 19.7 Å². The van der Waals surface area contributed by atoms with E-state index in [2.05, 4.69) is 50.8 Å². The maximum atomic E-state index is 13.7. The van der Waals surface area contributed by atoms with Gasteiger partial charge in [0.05, 0.1) is 22.0 Å². The number of non-ortho nitro benzene ring substituents is 1. The lowest BCUT2D eigenvalue weighted by atomic mass is 9.63. The molecule has 4 aromatic carbocycles. The van der Waals surface area contributed by atoms with Crippen molar-refractivity contribution in [2.24, 2.45) is 11.3 Å². The predicted molar refractivity (Wildman–Crippen MR) is 202 cm³/mol. The van der Waals surface area contributed by atoms with Crippen molar-refractivity contribution in [1.29, 1.82) is 0 Å². The van der Waals surface area contributed by atoms with Gasteiger partial charge in [-0.05, 0) is 73.6 Å². The fraction of sp³-hybridized carbons (Fsp3) is 0.357. The molecule has 2 fully saturated rings. The van der Waals surface area contributed by atoms with Crippen molar-refractivity contribution < 1.29 is 32.7 Å². The van der Waals surface area contributed by atoms with E-state index in [9.17, 15) is 28.4 Å². The lowest BCUT2D eigenvalue weighted by molar-refractivity contribution is -0.384. The molecular formula is C42H46N2O8S. The molecule has 0 amide bonds. The number of carboxylic acid groups (broad SMARTS) is 1. The molecule has 6 rings (SSSR count). The van der Waals surface area contributed by atoms with E-state index in [-0.39, 0.29) is 41.1 Å². The summed E-state index contributed by atoms with van der Waals surface area (Å²) in [5.74, 6) is -0.821. The normalized spacial score (nSPS) is 20.5. The van der Waals surface area contributed by atoms with Gasteiger partial charge < -0.3 is 14.6 Å². The van der Waals surface area contributed by atoms with E-state index < -0.39 is 39.0 Å². The number of piperidine rings is 1. The summed E-state index contributed by atoms with van der Waals surface area (Å²) in [6.45, 7) is 10.7. The van der Waals surface area contributed by atoms with Gasteiger partial charge in [-0.2, -0.15) is 4.31 Å². The van der Waals surface area contributed by atoms with E-state index in [0.717, 1.165) is 27.8 Å². The summed E-state index contributed by atoms with van der Waals surface area (Å²) in [7, 11) is -3.89. The van der Waals surface area contributed by atoms with Crippen LogP contribution in [0.4, 0.5) is 5.69 Å². The van der Waals surface area contributed by atoms with Crippen LogP contribution in [0.2, 0.25) is 0 Å². The number of hydrogen-bond donors (Lipinski definition) is 1. The molecule has 0 bridgehead atoms. The number of sulfonamides is 1. The zero-order chi connectivity index (χ0) is 38.0. The molecule has 0 aliphatic carbocycles. The maximum Gasteiger partial charge on any atom is 0.341 e. The summed E-state index contributed by atoms with van der Waals surface area (Å²) >= 11 is 0. The summed E-state index contributed by atoms with van der Waals surface area (Å²) in [6.07, 6.45) is 1.53. The highest BCUT2D eigenvalue weighted by Gasteiger charge is 2.52. The van der Waals surface area contributed by atoms with Gasteiger partial charge in [-0.3, -0.25) is 10.1 Å². The van der Waals surface area contributed by atoms with E-state index in [0.29, 0.717) is 31.4 Å². The fourth-order valence-electron chi connectivity index (χ4n) is 7.95. The number of benzene rings is 4. The zero-order valence-electron chi connectivity index (χ0n) is 30.3. The number of nitro benzene ring substituents is 1. The van der Waals surface area contributed by atoms with Crippen LogP contribution in [-0.4, -0.2) is 54.5 Å². The van der Waals surface area contributed by atoms with Gasteiger partial charge in [-0.15, -0.1) is 0 Å². The van der Waals surface area contributed by atoms with Gasteiger partial charge in [0.1, 0.15) is 5.75 Å². The van der Waals surface area contributed by atoms with Crippen LogP contribution in [0.25, 0.3) is 0 Å². The Hall–Kier alpha value is -4.84. The summed E-state index contributed by atoms with van der Waals surface area (Å²) < 4.78 is 42.2. The third kappa shape index (κ3) is 7.93. The SMILES string of the molecule is C=C(C)[C@@H]1CC2(CCN(S(=O)(=O)c3ccc([N+](=O)[O-])cc3)CC2)[C@@H](Cc2ccccc2)O[C@H]1c1cc(C(C)(C)c2ccccc2)ccc1OCC(=O)O. The van der Waals surface area contributed by atoms with Crippen molar-refractivity contribution in [1.82, 2.24) is 4.31 Å². The molecule has 2 aliphatic heterocycles. The molecule has 1 N–H and O–H groups in total. The molecule has 0 unspecified atom stereocenters. The van der Waals surface area contributed by atoms with Gasteiger partial charge in [0.2, 0.25) is 10.0 Å². The summed E-state index contributed by atoms with van der Waals surface area (Å²) in [5.41, 5.74) is 3.94. The Labute approximate surface area is 311 Å². The standard InChI is InChI=1S/C42H46N2O8S/c1-29(2)36-27-42(21-23-43(24-22-42)53(49,50)34-18-16-33(17-19-34)44(47)48)38(25-30-11-7-5-8-12-30)52-40(36)35-26-32(15-20-37(35)51-28-39(45)46)41(3,4)31-13-9-6-10-14-31/h5-20,26,36,38,40H,1,21-25,27-28H2,2-4H3,(H,45,46)/t36-,38+,40-/m0/s1. The van der Waals surface area contributed by atoms with E-state index in [1.165, 1.54) is 28.6 Å². The van der Waals surface area contributed by atoms with Gasteiger partial charge in [0.25, 0.3) is 5.69 Å². The largest absolute Gasteiger partial charge is 0.482 e. The summed E-state index contributed by atoms with van der Waals surface area (Å²) in [4.78, 5) is 22.3. The highest BCUT2D eigenvalue weighted by molar-refractivity contribution is 7.89. The number of rotatable bonds is 12. The number of ether oxygens (including phenoxy) is 2. The first-order valence-corrected chi connectivity index (χ1v) is 19.3. The van der Waals surface area contributed by atoms with Crippen LogP contribution in [0.3, 0.4) is 0 Å². The molecule has 0 radical (unpaired) electrons. The molecule has 2 aliphatic rings. The fourth-order valence-corrected chi connectivity index (χ4v) is 9.39. The number of carboxylic acids is 1. The van der Waals surface area contributed by atoms with Crippen LogP contribution in [0.5, 0.6) is 5.75 Å². The number of hydrogen-bond acceptors (Lipinski definition) is 7. The molecule has 0 saturated carbocycles. The second-order valence-corrected chi connectivity index (χ2v) is 16.8. The molecule has 53 heavy (non-hydrogen) atoms. The topological polar surface area (TPSA) is 136 Å². The molecule has 1 spiro atoms. The van der Waals surface area contributed by atoms with Crippen LogP contribution in [-0.2, 0) is 31.4 Å². The Balaban J connectivity index is 1.37. The van der Waals surface area contributed by atoms with Crippen molar-refractivity contribution in [3.63, 3.8) is 0 Å². The van der Waals surface area contributed by atoms with Crippen LogP contribution in [0, 0.1) is 21.4 Å². The summed E-state index contributed by atoms with van der Waals surface area (Å²) in [6, 6.07) is 31.2. The van der Waals surface area contributed by atoms with Crippen LogP contribution in [0.1, 0.15) is 68.4 Å². The third-order valence-corrected chi connectivity index (χ3v) is 13.1. The predicted octanol–water partition coefficient (Wildman–Crippen LogP) is 8.12. The molecule has 2 saturated heterocycles. The molecule has 11 heteroatoms. The quantitative estimate of drug-likeness (QED) is 0.0875. The molecule has 10 nitrogen and oxygen atoms in total. The first kappa shape index (κ1) is 37.9. The van der Waals surface area contributed by atoms with Crippen molar-refractivity contribution in [3.8, 4) is 5.75 Å². The minimum atomic E-state index is -3.89. The van der Waals surface area contributed by atoms with Crippen LogP contribution >= 0.6 is 0 Å². The minimum Gasteiger partial charge on any atom is -0.482 e. The molecule has 278 valence electrons. The van der Waals surface area contributed by atoms with E-state index >= 15 is 0 Å². The Morgan fingerprint density at radius 3 is 2.19 bits per heavy atom. The van der Waals surface area contributed by atoms with E-state index in [4.69, 9.17) is 9.47 Å². The van der Waals surface area contributed by atoms with E-state index in [1.807, 2.05) is 55.5 Å². The summed E-state index contributed by atoms with van der Waals surface area (Å²) in [5, 5.41) is 20.7. The van der Waals surface area contributed by atoms with Gasteiger partial charge in [0, 0.05) is 47.5 Å². The van der Waals surface area contributed by atoms with Crippen molar-refractivity contribution in [3.05, 3.63) is 148 Å². The van der Waals surface area contributed by atoms with E-state index in [1.54, 1.807) is 0 Å². The number of carbonyl (C=O) groups is 1. The molecule has 4 aromatic rings. The van der Waals surface area contributed by atoms with Gasteiger partial charge in [-0.1, -0.05) is 92.7 Å². The van der Waals surface area contributed by atoms with Crippen molar-refractivity contribution in [2.45, 2.75) is 69.0 Å². The monoisotopic (exact) mass is 738 g/mol. The van der Waals surface area contributed by atoms with Gasteiger partial charge >= 0.3 is 5.97 Å². The second kappa shape index (κ2) is 15.3. The second-order valence-electron chi connectivity index (χ2n) is 14.8. The number of aliphatic carboxylic acids is 1. The number of nitrogens with zero attached hydrogens (tertiary/aromatic N) is 2. The van der Waals surface area contributed by atoms with Gasteiger partial charge in [0.15, 0.2) is 6.61 Å². The Morgan fingerprint density at radius 2 is 1.60 bits per heavy atom. The molecule has 3 atom stereocenters. The lowest BCUT2D eigenvalue weighted by Gasteiger charge is -2.53. The third-order valence-electron chi connectivity index (χ3n) is 11.2. The Morgan fingerprint density at radius 1 is 0.981 bits per heavy atom. The highest BCUT2D eigenvalue weighted by atomic mass is 32.2. The highest BCUT2D eigenvalue weighted by Crippen LogP contribution is 2.55. The van der Waals surface area contributed by atoms with Gasteiger partial charge in [-0.25, -0.2) is 13.2 Å². The number of nitro groups is 1. The smallest absolute Gasteiger partial charge is 0.341 e. The first-order valence-electron chi connectivity index (χ1n) is 17.9. The maximum absolute atomic E-state index is 13.7. The minimum absolute atomic E-state index is 0.0202. The van der Waals surface area contributed by atoms with Crippen molar-refractivity contribution >= 4 is 21.7 Å². The Bertz CT molecular complexity index is 2060. The lowest BCUT2D eigenvalue weighted by Crippen LogP contribution is -2.53. The molecule has 2 heterocycles. The van der Waals surface area contributed by atoms with Crippen LogP contribution < -0.4 is 4.74 Å². The average Bonchev–Trinajstić information content (AvgIpc) is 3.15. The average molecular weight is 739 g/mol. The molecule has 0 aromatic heterocycles. The van der Waals surface area contributed by atoms with Crippen LogP contribution in [0.15, 0.2) is 120 Å². The Kier molecular flexibility index (Phi) is 10.9. The zero-order valence-corrected chi connectivity index (χ0v) is 31.1. The first-order chi connectivity index (χ1) is 25.2. The molecular weight excluding hydrogens is 693 g/mol.